The van der Waals surface area contributed by atoms with Gasteiger partial charge in [0.2, 0.25) is 0 Å². The predicted molar refractivity (Wildman–Crippen MR) is 126 cm³/mol. The minimum absolute atomic E-state index is 0.00180. The first-order chi connectivity index (χ1) is 17.2. The van der Waals surface area contributed by atoms with Crippen molar-refractivity contribution in [3.63, 3.8) is 0 Å². The lowest BCUT2D eigenvalue weighted by atomic mass is 10.1. The Labute approximate surface area is 204 Å². The van der Waals surface area contributed by atoms with Crippen molar-refractivity contribution in [2.24, 2.45) is 0 Å². The summed E-state index contributed by atoms with van der Waals surface area (Å²) >= 11 is 0. The summed E-state index contributed by atoms with van der Waals surface area (Å²) in [6, 6.07) is 14.1. The molecule has 0 saturated heterocycles. The number of benzene rings is 2. The molecule has 3 aromatic heterocycles. The molecule has 5 rings (SSSR count). The normalized spacial score (nSPS) is 10.5. The van der Waals surface area contributed by atoms with Crippen LogP contribution in [-0.4, -0.2) is 38.7 Å². The SMILES string of the molecule is Cc1ccc(-c2cc(NC(=O)c3cnn4cccnc34)n(-c3ccc(F)cc3F)n2)cc1.N=S(=O)=O. The number of anilines is 1. The van der Waals surface area contributed by atoms with Crippen LogP contribution < -0.4 is 5.32 Å². The molecule has 0 bridgehead atoms. The minimum atomic E-state index is -2.61. The lowest BCUT2D eigenvalue weighted by Crippen LogP contribution is -2.15. The van der Waals surface area contributed by atoms with E-state index in [2.05, 4.69) is 20.5 Å². The molecule has 0 spiro atoms. The van der Waals surface area contributed by atoms with Crippen LogP contribution in [0.3, 0.4) is 0 Å². The molecule has 36 heavy (non-hydrogen) atoms. The van der Waals surface area contributed by atoms with Gasteiger partial charge in [-0.15, -0.1) is 0 Å². The van der Waals surface area contributed by atoms with E-state index in [1.165, 1.54) is 21.5 Å². The van der Waals surface area contributed by atoms with Gasteiger partial charge in [-0.3, -0.25) is 4.79 Å². The third-order valence-corrected chi connectivity index (χ3v) is 4.96. The summed E-state index contributed by atoms with van der Waals surface area (Å²) < 4.78 is 53.6. The topological polar surface area (TPSA) is 135 Å². The number of hydrogen-bond acceptors (Lipinski definition) is 7. The van der Waals surface area contributed by atoms with E-state index in [4.69, 9.17) is 13.2 Å². The molecule has 1 amide bonds. The van der Waals surface area contributed by atoms with Crippen LogP contribution in [0.25, 0.3) is 22.6 Å². The van der Waals surface area contributed by atoms with Gasteiger partial charge in [-0.05, 0) is 25.1 Å². The minimum Gasteiger partial charge on any atom is -0.306 e. The second-order valence-corrected chi connectivity index (χ2v) is 7.89. The fourth-order valence-corrected chi connectivity index (χ4v) is 3.34. The molecule has 13 heteroatoms. The molecule has 0 unspecified atom stereocenters. The van der Waals surface area contributed by atoms with Crippen LogP contribution in [-0.2, 0) is 10.5 Å². The summed E-state index contributed by atoms with van der Waals surface area (Å²) in [6.07, 6.45) is 4.63. The fraction of sp³-hybridized carbons (Fsp3) is 0.0435. The number of rotatable bonds is 4. The average Bonchev–Trinajstić information content (AvgIpc) is 3.44. The van der Waals surface area contributed by atoms with Gasteiger partial charge in [0.05, 0.1) is 11.9 Å². The van der Waals surface area contributed by atoms with Crippen LogP contribution >= 0.6 is 0 Å². The van der Waals surface area contributed by atoms with E-state index in [1.54, 1.807) is 24.5 Å². The van der Waals surface area contributed by atoms with Gasteiger partial charge in [0, 0.05) is 30.1 Å². The van der Waals surface area contributed by atoms with Gasteiger partial charge >= 0.3 is 10.5 Å². The smallest absolute Gasteiger partial charge is 0.306 e. The molecule has 2 N–H and O–H groups in total. The van der Waals surface area contributed by atoms with Crippen molar-refractivity contribution in [3.8, 4) is 16.9 Å². The molecule has 3 heterocycles. The Morgan fingerprint density at radius 3 is 2.50 bits per heavy atom. The van der Waals surface area contributed by atoms with Crippen molar-refractivity contribution in [1.29, 1.82) is 4.78 Å². The maximum atomic E-state index is 14.6. The van der Waals surface area contributed by atoms with Crippen molar-refractivity contribution in [3.05, 3.63) is 95.9 Å². The Kier molecular flexibility index (Phi) is 6.92. The molecule has 0 aliphatic heterocycles. The van der Waals surface area contributed by atoms with E-state index in [9.17, 15) is 13.6 Å². The molecule has 0 aliphatic carbocycles. The summed E-state index contributed by atoms with van der Waals surface area (Å²) in [4.78, 5) is 17.2. The molecular formula is C23H17F2N7O3S. The quantitative estimate of drug-likeness (QED) is 0.375. The molecule has 2 aromatic carbocycles. The summed E-state index contributed by atoms with van der Waals surface area (Å²) in [5, 5.41) is 11.3. The van der Waals surface area contributed by atoms with E-state index >= 15 is 0 Å². The highest BCUT2D eigenvalue weighted by Crippen LogP contribution is 2.27. The van der Waals surface area contributed by atoms with E-state index < -0.39 is 28.0 Å². The Balaban J connectivity index is 0.000000709. The summed E-state index contributed by atoms with van der Waals surface area (Å²) in [5.41, 5.74) is 2.99. The third-order valence-electron chi connectivity index (χ3n) is 4.96. The molecule has 5 aromatic rings. The van der Waals surface area contributed by atoms with E-state index in [0.717, 1.165) is 23.3 Å². The fourth-order valence-electron chi connectivity index (χ4n) is 3.34. The largest absolute Gasteiger partial charge is 0.308 e. The number of nitrogens with one attached hydrogen (secondary N) is 2. The van der Waals surface area contributed by atoms with Crippen molar-refractivity contribution < 1.29 is 22.0 Å². The van der Waals surface area contributed by atoms with Gasteiger partial charge in [-0.1, -0.05) is 29.8 Å². The lowest BCUT2D eigenvalue weighted by Gasteiger charge is -2.09. The van der Waals surface area contributed by atoms with Crippen LogP contribution in [0.5, 0.6) is 0 Å². The Morgan fingerprint density at radius 2 is 1.81 bits per heavy atom. The van der Waals surface area contributed by atoms with Gasteiger partial charge in [0.25, 0.3) is 5.91 Å². The first-order valence-corrected chi connectivity index (χ1v) is 11.3. The Morgan fingerprint density at radius 1 is 1.08 bits per heavy atom. The van der Waals surface area contributed by atoms with Crippen molar-refractivity contribution in [2.45, 2.75) is 6.92 Å². The molecule has 0 fully saturated rings. The van der Waals surface area contributed by atoms with E-state index in [-0.39, 0.29) is 17.1 Å². The lowest BCUT2D eigenvalue weighted by molar-refractivity contribution is 0.102. The van der Waals surface area contributed by atoms with Gasteiger partial charge < -0.3 is 5.32 Å². The van der Waals surface area contributed by atoms with Crippen LogP contribution in [0.4, 0.5) is 14.6 Å². The number of fused-ring (bicyclic) bond motifs is 1. The number of nitrogens with zero attached hydrogens (tertiary/aromatic N) is 5. The predicted octanol–water partition coefficient (Wildman–Crippen LogP) is 4.05. The Bertz CT molecular complexity index is 1680. The van der Waals surface area contributed by atoms with E-state index in [1.807, 2.05) is 31.2 Å². The molecule has 182 valence electrons. The highest BCUT2D eigenvalue weighted by Gasteiger charge is 2.20. The monoisotopic (exact) mass is 509 g/mol. The first-order valence-electron chi connectivity index (χ1n) is 10.3. The number of amides is 1. The molecule has 0 atom stereocenters. The zero-order valence-corrected chi connectivity index (χ0v) is 19.4. The maximum Gasteiger partial charge on any atom is 0.308 e. The molecule has 0 radical (unpaired) electrons. The molecule has 0 saturated carbocycles. The summed E-state index contributed by atoms with van der Waals surface area (Å²) in [7, 11) is -2.61. The number of aromatic nitrogens is 5. The number of hydrogen-bond donors (Lipinski definition) is 2. The molecule has 0 aliphatic rings. The highest BCUT2D eigenvalue weighted by atomic mass is 32.2. The zero-order valence-electron chi connectivity index (χ0n) is 18.6. The van der Waals surface area contributed by atoms with Crippen molar-refractivity contribution >= 4 is 27.9 Å². The van der Waals surface area contributed by atoms with Crippen LogP contribution in [0.2, 0.25) is 0 Å². The maximum absolute atomic E-state index is 14.6. The second-order valence-electron chi connectivity index (χ2n) is 7.42. The molecular weight excluding hydrogens is 492 g/mol. The zero-order chi connectivity index (χ0) is 25.8. The van der Waals surface area contributed by atoms with Gasteiger partial charge in [0.1, 0.15) is 22.9 Å². The van der Waals surface area contributed by atoms with Crippen LogP contribution in [0.15, 0.2) is 73.2 Å². The van der Waals surface area contributed by atoms with E-state index in [0.29, 0.717) is 11.3 Å². The third kappa shape index (κ3) is 5.31. The standard InChI is InChI=1S/C23H16F2N6O.HNO2S/c1-14-3-5-15(6-4-14)19-12-21(31(29-19)20-8-7-16(24)11-18(20)25)28-23(32)17-13-27-30-10-2-9-26-22(17)30;1-4(2)3/h2-13H,1H3,(H,28,32);1H. The van der Waals surface area contributed by atoms with Crippen LogP contribution in [0.1, 0.15) is 15.9 Å². The number of halogens is 2. The highest BCUT2D eigenvalue weighted by molar-refractivity contribution is 7.60. The van der Waals surface area contributed by atoms with Gasteiger partial charge in [-0.2, -0.15) is 23.4 Å². The van der Waals surface area contributed by atoms with Gasteiger partial charge in [0.15, 0.2) is 11.5 Å². The van der Waals surface area contributed by atoms with Crippen LogP contribution in [0, 0.1) is 23.3 Å². The van der Waals surface area contributed by atoms with Crippen molar-refractivity contribution in [1.82, 2.24) is 24.4 Å². The molecule has 10 nitrogen and oxygen atoms in total. The van der Waals surface area contributed by atoms with Gasteiger partial charge in [-0.25, -0.2) is 23.0 Å². The number of aryl methyl sites for hydroxylation is 1. The average molecular weight is 509 g/mol. The number of carbonyl (C=O) groups is 1. The first kappa shape index (κ1) is 24.3. The number of carbonyl (C=O) groups excluding carboxylic acids is 1. The summed E-state index contributed by atoms with van der Waals surface area (Å²) in [5.74, 6) is -1.79. The second kappa shape index (κ2) is 10.2. The van der Waals surface area contributed by atoms with Crippen molar-refractivity contribution in [2.75, 3.05) is 5.32 Å². The summed E-state index contributed by atoms with van der Waals surface area (Å²) in [6.45, 7) is 1.96. The Hall–Kier alpha value is -4.78.